The molecule has 0 aromatic heterocycles. The summed E-state index contributed by atoms with van der Waals surface area (Å²) in [6.45, 7) is 5.84. The van der Waals surface area contributed by atoms with Crippen molar-refractivity contribution in [2.75, 3.05) is 19.7 Å². The van der Waals surface area contributed by atoms with E-state index in [0.29, 0.717) is 12.6 Å². The topological polar surface area (TPSA) is 50.4 Å². The van der Waals surface area contributed by atoms with Crippen LogP contribution in [-0.4, -0.2) is 37.7 Å². The van der Waals surface area contributed by atoms with E-state index in [4.69, 9.17) is 4.74 Å². The van der Waals surface area contributed by atoms with Crippen LogP contribution in [0.5, 0.6) is 0 Å². The van der Waals surface area contributed by atoms with Crippen molar-refractivity contribution in [2.24, 2.45) is 0 Å². The predicted molar refractivity (Wildman–Crippen MR) is 78.1 cm³/mol. The van der Waals surface area contributed by atoms with Gasteiger partial charge in [-0.05, 0) is 32.1 Å². The average Bonchev–Trinajstić information content (AvgIpc) is 2.33. The van der Waals surface area contributed by atoms with E-state index in [2.05, 4.69) is 36.6 Å². The van der Waals surface area contributed by atoms with Crippen LogP contribution in [0.3, 0.4) is 0 Å². The van der Waals surface area contributed by atoms with Crippen LogP contribution in [0.15, 0.2) is 12.2 Å². The van der Waals surface area contributed by atoms with Crippen molar-refractivity contribution >= 4 is 5.91 Å². The van der Waals surface area contributed by atoms with Crippen LogP contribution < -0.4 is 10.6 Å². The van der Waals surface area contributed by atoms with Gasteiger partial charge >= 0.3 is 0 Å². The Morgan fingerprint density at radius 1 is 1.26 bits per heavy atom. The summed E-state index contributed by atoms with van der Waals surface area (Å²) in [6.07, 6.45) is 10.1. The third kappa shape index (κ3) is 8.78. The molecule has 1 aliphatic carbocycles. The van der Waals surface area contributed by atoms with Gasteiger partial charge in [-0.15, -0.1) is 0 Å². The highest BCUT2D eigenvalue weighted by Crippen LogP contribution is 2.15. The van der Waals surface area contributed by atoms with Crippen LogP contribution in [0.25, 0.3) is 0 Å². The van der Waals surface area contributed by atoms with Gasteiger partial charge in [-0.25, -0.2) is 0 Å². The zero-order chi connectivity index (χ0) is 13.9. The minimum absolute atomic E-state index is 0.0110. The first-order chi connectivity index (χ1) is 9.18. The Balaban J connectivity index is 2.06. The van der Waals surface area contributed by atoms with Crippen molar-refractivity contribution in [3.63, 3.8) is 0 Å². The lowest BCUT2D eigenvalue weighted by molar-refractivity contribution is -0.128. The van der Waals surface area contributed by atoms with E-state index in [-0.39, 0.29) is 18.6 Å². The lowest BCUT2D eigenvalue weighted by atomic mass is 10.0. The van der Waals surface area contributed by atoms with Gasteiger partial charge in [-0.1, -0.05) is 26.0 Å². The van der Waals surface area contributed by atoms with Crippen molar-refractivity contribution in [3.05, 3.63) is 12.2 Å². The Bertz CT molecular complexity index is 277. The molecule has 0 unspecified atom stereocenters. The van der Waals surface area contributed by atoms with E-state index in [1.165, 1.54) is 0 Å². The molecule has 0 saturated carbocycles. The minimum Gasteiger partial charge on any atom is -0.368 e. The summed E-state index contributed by atoms with van der Waals surface area (Å²) in [5.74, 6) is -0.0110. The highest BCUT2D eigenvalue weighted by molar-refractivity contribution is 5.77. The first-order valence-electron chi connectivity index (χ1n) is 7.45. The average molecular weight is 268 g/mol. The molecule has 1 aliphatic rings. The summed E-state index contributed by atoms with van der Waals surface area (Å²) in [5, 5.41) is 6.12. The molecule has 1 amide bonds. The van der Waals surface area contributed by atoms with Crippen LogP contribution in [0.2, 0.25) is 0 Å². The number of allylic oxidation sites excluding steroid dienone is 2. The Morgan fingerprint density at radius 2 is 2.05 bits per heavy atom. The largest absolute Gasteiger partial charge is 0.368 e. The summed E-state index contributed by atoms with van der Waals surface area (Å²) in [5.41, 5.74) is 0. The Hall–Kier alpha value is -0.870. The predicted octanol–water partition coefficient (Wildman–Crippen LogP) is 2.01. The molecule has 2 N–H and O–H groups in total. The van der Waals surface area contributed by atoms with Crippen LogP contribution in [0.1, 0.15) is 46.0 Å². The van der Waals surface area contributed by atoms with Gasteiger partial charge in [0.15, 0.2) is 0 Å². The number of carbonyl (C=O) groups is 1. The number of rotatable bonds is 7. The van der Waals surface area contributed by atoms with E-state index in [1.807, 2.05) is 0 Å². The fourth-order valence-electron chi connectivity index (χ4n) is 2.10. The molecule has 1 rings (SSSR count). The third-order valence-electron chi connectivity index (χ3n) is 3.17. The third-order valence-corrected chi connectivity index (χ3v) is 3.17. The Kier molecular flexibility index (Phi) is 8.50. The lowest BCUT2D eigenvalue weighted by Gasteiger charge is -2.18. The molecule has 0 aliphatic heterocycles. The second kappa shape index (κ2) is 9.98. The molecule has 0 aromatic carbocycles. The molecular weight excluding hydrogens is 240 g/mol. The van der Waals surface area contributed by atoms with Gasteiger partial charge < -0.3 is 15.4 Å². The lowest BCUT2D eigenvalue weighted by Crippen LogP contribution is -2.36. The van der Waals surface area contributed by atoms with Gasteiger partial charge in [0.25, 0.3) is 0 Å². The van der Waals surface area contributed by atoms with Gasteiger partial charge in [-0.2, -0.15) is 0 Å². The Labute approximate surface area is 117 Å². The van der Waals surface area contributed by atoms with Crippen molar-refractivity contribution in [1.82, 2.24) is 10.6 Å². The maximum Gasteiger partial charge on any atom is 0.246 e. The number of hydrogen-bond donors (Lipinski definition) is 2. The van der Waals surface area contributed by atoms with Gasteiger partial charge in [0, 0.05) is 19.1 Å². The molecule has 4 nitrogen and oxygen atoms in total. The summed E-state index contributed by atoms with van der Waals surface area (Å²) in [4.78, 5) is 11.6. The summed E-state index contributed by atoms with van der Waals surface area (Å²) in [7, 11) is 0. The molecule has 0 aromatic rings. The molecular formula is C15H28N2O2. The van der Waals surface area contributed by atoms with Crippen molar-refractivity contribution in [2.45, 2.75) is 58.1 Å². The van der Waals surface area contributed by atoms with Crippen LogP contribution in [-0.2, 0) is 9.53 Å². The van der Waals surface area contributed by atoms with Gasteiger partial charge in [0.05, 0.1) is 6.10 Å². The van der Waals surface area contributed by atoms with E-state index < -0.39 is 0 Å². The molecule has 110 valence electrons. The second-order valence-corrected chi connectivity index (χ2v) is 5.37. The molecule has 19 heavy (non-hydrogen) atoms. The number of nitrogens with one attached hydrogen (secondary N) is 2. The van der Waals surface area contributed by atoms with Gasteiger partial charge in [-0.3, -0.25) is 4.79 Å². The van der Waals surface area contributed by atoms with Gasteiger partial charge in [0.1, 0.15) is 6.61 Å². The molecule has 0 fully saturated rings. The van der Waals surface area contributed by atoms with Crippen LogP contribution >= 0.6 is 0 Å². The summed E-state index contributed by atoms with van der Waals surface area (Å²) >= 11 is 0. The maximum absolute atomic E-state index is 11.6. The smallest absolute Gasteiger partial charge is 0.246 e. The fourth-order valence-corrected chi connectivity index (χ4v) is 2.10. The first kappa shape index (κ1) is 16.2. The minimum atomic E-state index is -0.0110. The van der Waals surface area contributed by atoms with E-state index in [1.54, 1.807) is 0 Å². The Morgan fingerprint density at radius 3 is 2.84 bits per heavy atom. The monoisotopic (exact) mass is 268 g/mol. The quantitative estimate of drug-likeness (QED) is 0.548. The molecule has 0 bridgehead atoms. The normalized spacial score (nSPS) is 21.7. The van der Waals surface area contributed by atoms with E-state index in [9.17, 15) is 4.79 Å². The SMILES string of the molecule is CC(C)NCCNC(=O)CO[C@H]1CC/C=C/CCC1. The zero-order valence-electron chi connectivity index (χ0n) is 12.3. The summed E-state index contributed by atoms with van der Waals surface area (Å²) in [6, 6.07) is 0.455. The summed E-state index contributed by atoms with van der Waals surface area (Å²) < 4.78 is 5.69. The van der Waals surface area contributed by atoms with E-state index >= 15 is 0 Å². The van der Waals surface area contributed by atoms with Crippen LogP contribution in [0, 0.1) is 0 Å². The fraction of sp³-hybridized carbons (Fsp3) is 0.800. The number of hydrogen-bond acceptors (Lipinski definition) is 3. The van der Waals surface area contributed by atoms with Crippen molar-refractivity contribution in [1.29, 1.82) is 0 Å². The molecule has 0 radical (unpaired) electrons. The van der Waals surface area contributed by atoms with Gasteiger partial charge in [0.2, 0.25) is 5.91 Å². The number of amides is 1. The highest BCUT2D eigenvalue weighted by Gasteiger charge is 2.11. The molecule has 0 spiro atoms. The zero-order valence-corrected chi connectivity index (χ0v) is 12.3. The van der Waals surface area contributed by atoms with E-state index in [0.717, 1.165) is 38.6 Å². The molecule has 0 saturated heterocycles. The van der Waals surface area contributed by atoms with Crippen molar-refractivity contribution in [3.8, 4) is 0 Å². The number of carbonyl (C=O) groups excluding carboxylic acids is 1. The highest BCUT2D eigenvalue weighted by atomic mass is 16.5. The molecule has 0 heterocycles. The number of ether oxygens (including phenoxy) is 1. The molecule has 4 heteroatoms. The maximum atomic E-state index is 11.6. The van der Waals surface area contributed by atoms with Crippen molar-refractivity contribution < 1.29 is 9.53 Å². The second-order valence-electron chi connectivity index (χ2n) is 5.37. The standard InChI is InChI=1S/C15H28N2O2/c1-13(2)16-10-11-17-15(18)12-19-14-8-6-4-3-5-7-9-14/h3-4,13-14,16H,5-12H2,1-2H3,(H,17,18)/b4-3+/t14-/m0/s1. The van der Waals surface area contributed by atoms with Crippen LogP contribution in [0.4, 0.5) is 0 Å². The molecule has 1 atom stereocenters. The first-order valence-corrected chi connectivity index (χ1v) is 7.45.